The Hall–Kier alpha value is -4.51. The third-order valence-electron chi connectivity index (χ3n) is 5.21. The highest BCUT2D eigenvalue weighted by molar-refractivity contribution is 7.87. The molecule has 1 fully saturated rings. The first kappa shape index (κ1) is 23.6. The number of carbonyl (C=O) groups excluding carboxylic acids is 2. The largest absolute Gasteiger partial charge is 0.379 e. The molecule has 0 unspecified atom stereocenters. The van der Waals surface area contributed by atoms with E-state index < -0.39 is 27.0 Å². The molecule has 1 aliphatic rings. The Bertz CT molecular complexity index is 1450. The molecule has 0 aliphatic carbocycles. The van der Waals surface area contributed by atoms with Gasteiger partial charge in [-0.1, -0.05) is 48.5 Å². The van der Waals surface area contributed by atoms with Crippen LogP contribution in [0.3, 0.4) is 0 Å². The van der Waals surface area contributed by atoms with Crippen molar-refractivity contribution < 1.29 is 27.1 Å². The van der Waals surface area contributed by atoms with Crippen molar-refractivity contribution in [3.8, 4) is 5.75 Å². The van der Waals surface area contributed by atoms with Gasteiger partial charge in [0, 0.05) is 11.6 Å². The molecule has 11 heteroatoms. The monoisotopic (exact) mass is 493 g/mol. The van der Waals surface area contributed by atoms with Gasteiger partial charge in [-0.2, -0.15) is 8.42 Å². The first-order chi connectivity index (χ1) is 16.6. The van der Waals surface area contributed by atoms with Crippen LogP contribution in [-0.4, -0.2) is 30.2 Å². The summed E-state index contributed by atoms with van der Waals surface area (Å²) >= 11 is 0. The highest BCUT2D eigenvalue weighted by Crippen LogP contribution is 2.25. The lowest BCUT2D eigenvalue weighted by Gasteiger charge is -2.11. The van der Waals surface area contributed by atoms with E-state index in [1.807, 2.05) is 30.3 Å². The van der Waals surface area contributed by atoms with E-state index in [0.29, 0.717) is 11.1 Å². The summed E-state index contributed by atoms with van der Waals surface area (Å²) in [5.41, 5.74) is 1.40. The molecule has 1 aliphatic heterocycles. The maximum atomic E-state index is 12.7. The molecule has 3 aromatic carbocycles. The minimum Gasteiger partial charge on any atom is -0.379 e. The summed E-state index contributed by atoms with van der Waals surface area (Å²) in [7, 11) is -4.31. The Labute approximate surface area is 200 Å². The standard InChI is InChI=1S/C24H19N3O7S/c1-16-7-12-20(14-22(16)27(30)31)35(32,33)34-19-10-8-17(9-11-19)13-21-23(28)26(24(29)25-21)15-18-5-3-2-4-6-18/h2-14H,15H2,1H3,(H,25,29)/b21-13-. The van der Waals surface area contributed by atoms with Crippen LogP contribution in [0.15, 0.2) is 83.4 Å². The summed E-state index contributed by atoms with van der Waals surface area (Å²) in [6, 6.07) is 17.8. The third kappa shape index (κ3) is 5.20. The quantitative estimate of drug-likeness (QED) is 0.174. The minimum atomic E-state index is -4.31. The predicted molar refractivity (Wildman–Crippen MR) is 126 cm³/mol. The van der Waals surface area contributed by atoms with Crippen LogP contribution in [0.4, 0.5) is 10.5 Å². The fourth-order valence-corrected chi connectivity index (χ4v) is 4.34. The van der Waals surface area contributed by atoms with Gasteiger partial charge in [-0.15, -0.1) is 0 Å². The summed E-state index contributed by atoms with van der Waals surface area (Å²) in [5, 5.41) is 13.6. The zero-order valence-corrected chi connectivity index (χ0v) is 19.2. The fourth-order valence-electron chi connectivity index (χ4n) is 3.38. The van der Waals surface area contributed by atoms with Crippen molar-refractivity contribution in [1.82, 2.24) is 10.2 Å². The number of nitro benzene ring substituents is 1. The Kier molecular flexibility index (Phi) is 6.34. The van der Waals surface area contributed by atoms with Crippen molar-refractivity contribution >= 4 is 33.8 Å². The van der Waals surface area contributed by atoms with Gasteiger partial charge >= 0.3 is 16.1 Å². The average Bonchev–Trinajstić information content (AvgIpc) is 3.08. The molecule has 178 valence electrons. The second kappa shape index (κ2) is 9.39. The second-order valence-electron chi connectivity index (χ2n) is 7.68. The average molecular weight is 493 g/mol. The van der Waals surface area contributed by atoms with Gasteiger partial charge in [0.25, 0.3) is 11.6 Å². The summed E-state index contributed by atoms with van der Waals surface area (Å²) in [6.45, 7) is 1.63. The highest BCUT2D eigenvalue weighted by atomic mass is 32.2. The van der Waals surface area contributed by atoms with Crippen molar-refractivity contribution in [2.45, 2.75) is 18.4 Å². The van der Waals surface area contributed by atoms with E-state index in [1.54, 1.807) is 0 Å². The topological polar surface area (TPSA) is 136 Å². The summed E-state index contributed by atoms with van der Waals surface area (Å²) < 4.78 is 30.2. The van der Waals surface area contributed by atoms with Crippen LogP contribution in [0.2, 0.25) is 0 Å². The number of urea groups is 1. The number of nitrogens with one attached hydrogen (secondary N) is 1. The molecule has 0 aromatic heterocycles. The molecule has 0 bridgehead atoms. The molecule has 35 heavy (non-hydrogen) atoms. The van der Waals surface area contributed by atoms with Gasteiger partial charge in [-0.05, 0) is 42.3 Å². The van der Waals surface area contributed by atoms with E-state index >= 15 is 0 Å². The van der Waals surface area contributed by atoms with Gasteiger partial charge in [0.1, 0.15) is 16.3 Å². The summed E-state index contributed by atoms with van der Waals surface area (Å²) in [4.78, 5) is 36.1. The van der Waals surface area contributed by atoms with Crippen molar-refractivity contribution in [2.24, 2.45) is 0 Å². The van der Waals surface area contributed by atoms with Crippen LogP contribution in [-0.2, 0) is 21.5 Å². The molecule has 1 saturated heterocycles. The molecule has 10 nitrogen and oxygen atoms in total. The lowest BCUT2D eigenvalue weighted by atomic mass is 10.2. The maximum Gasteiger partial charge on any atom is 0.339 e. The number of carbonyl (C=O) groups is 2. The van der Waals surface area contributed by atoms with Gasteiger partial charge in [0.05, 0.1) is 11.5 Å². The third-order valence-corrected chi connectivity index (χ3v) is 6.45. The number of nitrogens with zero attached hydrogens (tertiary/aromatic N) is 2. The fraction of sp³-hybridized carbons (Fsp3) is 0.0833. The molecule has 1 N–H and O–H groups in total. The Morgan fingerprint density at radius 2 is 1.71 bits per heavy atom. The number of hydrogen-bond acceptors (Lipinski definition) is 7. The van der Waals surface area contributed by atoms with Crippen molar-refractivity contribution in [1.29, 1.82) is 0 Å². The number of benzene rings is 3. The lowest BCUT2D eigenvalue weighted by molar-refractivity contribution is -0.385. The molecule has 0 radical (unpaired) electrons. The number of rotatable bonds is 7. The summed E-state index contributed by atoms with van der Waals surface area (Å²) in [5.74, 6) is -0.509. The van der Waals surface area contributed by atoms with E-state index in [4.69, 9.17) is 4.18 Å². The van der Waals surface area contributed by atoms with E-state index in [-0.39, 0.29) is 28.6 Å². The van der Waals surface area contributed by atoms with Gasteiger partial charge in [-0.25, -0.2) is 4.79 Å². The van der Waals surface area contributed by atoms with Gasteiger partial charge < -0.3 is 9.50 Å². The zero-order valence-electron chi connectivity index (χ0n) is 18.4. The zero-order chi connectivity index (χ0) is 25.2. The Balaban J connectivity index is 1.48. The van der Waals surface area contributed by atoms with E-state index in [9.17, 15) is 28.1 Å². The van der Waals surface area contributed by atoms with Crippen LogP contribution in [0.1, 0.15) is 16.7 Å². The van der Waals surface area contributed by atoms with Gasteiger partial charge in [0.2, 0.25) is 0 Å². The number of aryl methyl sites for hydroxylation is 1. The number of imide groups is 1. The molecular weight excluding hydrogens is 474 g/mol. The van der Waals surface area contributed by atoms with Crippen LogP contribution in [0.5, 0.6) is 5.75 Å². The lowest BCUT2D eigenvalue weighted by Crippen LogP contribution is -2.30. The normalized spacial score (nSPS) is 14.8. The summed E-state index contributed by atoms with van der Waals surface area (Å²) in [6.07, 6.45) is 1.47. The van der Waals surface area contributed by atoms with E-state index in [0.717, 1.165) is 16.5 Å². The van der Waals surface area contributed by atoms with Crippen molar-refractivity contribution in [2.75, 3.05) is 0 Å². The smallest absolute Gasteiger partial charge is 0.339 e. The van der Waals surface area contributed by atoms with Gasteiger partial charge in [-0.3, -0.25) is 19.8 Å². The van der Waals surface area contributed by atoms with E-state index in [1.165, 1.54) is 49.4 Å². The second-order valence-corrected chi connectivity index (χ2v) is 9.22. The number of amides is 3. The van der Waals surface area contributed by atoms with Crippen molar-refractivity contribution in [3.05, 3.63) is 105 Å². The first-order valence-electron chi connectivity index (χ1n) is 10.3. The van der Waals surface area contributed by atoms with Gasteiger partial charge in [0.15, 0.2) is 0 Å². The molecule has 0 atom stereocenters. The highest BCUT2D eigenvalue weighted by Gasteiger charge is 2.33. The van der Waals surface area contributed by atoms with E-state index in [2.05, 4.69) is 5.32 Å². The predicted octanol–water partition coefficient (Wildman–Crippen LogP) is 3.76. The molecule has 3 aromatic rings. The molecule has 4 rings (SSSR count). The first-order valence-corrected chi connectivity index (χ1v) is 11.7. The maximum absolute atomic E-state index is 12.7. The van der Waals surface area contributed by atoms with Crippen molar-refractivity contribution in [3.63, 3.8) is 0 Å². The van der Waals surface area contributed by atoms with Crippen LogP contribution in [0.25, 0.3) is 6.08 Å². The molecular formula is C24H19N3O7S. The Morgan fingerprint density at radius 1 is 1.03 bits per heavy atom. The SMILES string of the molecule is Cc1ccc(S(=O)(=O)Oc2ccc(/C=C3\NC(=O)N(Cc4ccccc4)C3=O)cc2)cc1[N+](=O)[O-]. The number of nitro groups is 1. The Morgan fingerprint density at radius 3 is 2.37 bits per heavy atom. The molecule has 0 spiro atoms. The van der Waals surface area contributed by atoms with Crippen LogP contribution in [0, 0.1) is 17.0 Å². The number of hydrogen-bond donors (Lipinski definition) is 1. The molecule has 0 saturated carbocycles. The molecule has 1 heterocycles. The molecule has 3 amide bonds. The minimum absolute atomic E-state index is 0.0251. The van der Waals surface area contributed by atoms with Crippen LogP contribution >= 0.6 is 0 Å². The van der Waals surface area contributed by atoms with Crippen LogP contribution < -0.4 is 9.50 Å².